The number of methoxy groups -OCH3 is 1. The van der Waals surface area contributed by atoms with Gasteiger partial charge in [0.15, 0.2) is 11.5 Å². The number of carbonyl (C=O) groups is 1. The molecule has 0 aromatic heterocycles. The van der Waals surface area contributed by atoms with Crippen LogP contribution in [0.25, 0.3) is 0 Å². The van der Waals surface area contributed by atoms with Gasteiger partial charge < -0.3 is 14.8 Å². The van der Waals surface area contributed by atoms with Gasteiger partial charge in [-0.15, -0.1) is 0 Å². The number of hydrogen-bond donors (Lipinski definition) is 1. The summed E-state index contributed by atoms with van der Waals surface area (Å²) in [6.45, 7) is 2.13. The van der Waals surface area contributed by atoms with Crippen molar-refractivity contribution in [1.82, 2.24) is 10.6 Å². The monoisotopic (exact) mass is 315 g/mol. The highest BCUT2D eigenvalue weighted by molar-refractivity contribution is 5.79. The number of hydrogen-bond acceptors (Lipinski definition) is 3. The van der Waals surface area contributed by atoms with E-state index in [0.29, 0.717) is 6.10 Å². The van der Waals surface area contributed by atoms with Gasteiger partial charge in [-0.3, -0.25) is 0 Å². The third kappa shape index (κ3) is 3.78. The molecule has 1 heterocycles. The van der Waals surface area contributed by atoms with E-state index in [1.165, 1.54) is 18.4 Å². The van der Waals surface area contributed by atoms with Crippen molar-refractivity contribution in [3.8, 4) is 11.5 Å². The third-order valence-electron chi connectivity index (χ3n) is 4.48. The first kappa shape index (κ1) is 15.7. The van der Waals surface area contributed by atoms with E-state index in [1.54, 1.807) is 13.3 Å². The Kier molecular flexibility index (Phi) is 4.74. The third-order valence-corrected chi connectivity index (χ3v) is 4.48. The van der Waals surface area contributed by atoms with Crippen LogP contribution in [0.1, 0.15) is 50.5 Å². The quantitative estimate of drug-likeness (QED) is 0.871. The van der Waals surface area contributed by atoms with Crippen molar-refractivity contribution in [2.45, 2.75) is 51.0 Å². The molecule has 23 heavy (non-hydrogen) atoms. The summed E-state index contributed by atoms with van der Waals surface area (Å²) in [6.07, 6.45) is 7.35. The number of ether oxygens (including phenoxy) is 2. The number of carbonyl (C=O) groups excluding carboxylic acids is 1. The number of amides is 2. The van der Waals surface area contributed by atoms with Gasteiger partial charge >= 0.3 is 6.03 Å². The van der Waals surface area contributed by atoms with Gasteiger partial charge in [0.05, 0.1) is 19.4 Å². The first-order valence-electron chi connectivity index (χ1n) is 8.21. The molecule has 123 valence electrons. The van der Waals surface area contributed by atoms with Gasteiger partial charge in [0.25, 0.3) is 0 Å². The van der Waals surface area contributed by atoms with E-state index < -0.39 is 0 Å². The summed E-state index contributed by atoms with van der Waals surface area (Å²) < 4.78 is 11.6. The predicted molar refractivity (Wildman–Crippen MR) is 87.7 cm³/mol. The molecule has 0 saturated heterocycles. The molecule has 1 atom stereocenters. The Labute approximate surface area is 137 Å². The highest BCUT2D eigenvalue weighted by Crippen LogP contribution is 2.35. The zero-order valence-electron chi connectivity index (χ0n) is 13.7. The van der Waals surface area contributed by atoms with Crippen LogP contribution in [-0.2, 0) is 0 Å². The average molecular weight is 315 g/mol. The van der Waals surface area contributed by atoms with Crippen LogP contribution in [0.15, 0.2) is 30.1 Å². The Balaban J connectivity index is 1.72. The van der Waals surface area contributed by atoms with Gasteiger partial charge in [0, 0.05) is 5.70 Å². The number of rotatable bonds is 6. The Morgan fingerprint density at radius 1 is 1.30 bits per heavy atom. The van der Waals surface area contributed by atoms with Crippen molar-refractivity contribution in [2.24, 2.45) is 0 Å². The maximum Gasteiger partial charge on any atom is 0.345 e. The topological polar surface area (TPSA) is 61.7 Å². The fraction of sp³-hybridized carbons (Fsp3) is 0.500. The Morgan fingerprint density at radius 2 is 2.09 bits per heavy atom. The van der Waals surface area contributed by atoms with Crippen molar-refractivity contribution in [1.29, 1.82) is 0 Å². The summed E-state index contributed by atoms with van der Waals surface area (Å²) in [5, 5.41) is 6.47. The zero-order chi connectivity index (χ0) is 16.2. The molecule has 0 bridgehead atoms. The number of nitrogens with zero attached hydrogens (tertiary/aromatic N) is 1. The van der Waals surface area contributed by atoms with E-state index in [1.807, 2.05) is 6.07 Å². The normalized spacial score (nSPS) is 19.0. The molecule has 3 rings (SSSR count). The molecule has 1 aromatic rings. The second-order valence-electron chi connectivity index (χ2n) is 6.25. The van der Waals surface area contributed by atoms with Gasteiger partial charge in [-0.25, -0.2) is 4.79 Å². The molecule has 1 aromatic carbocycles. The van der Waals surface area contributed by atoms with Crippen molar-refractivity contribution in [2.75, 3.05) is 7.11 Å². The lowest BCUT2D eigenvalue weighted by Gasteiger charge is -2.19. The standard InChI is InChI=1S/C18H23N2O3/c1-12(9-14-11-19-18(21)20-14)13-7-8-16(22-2)17(10-13)23-15-5-3-4-6-15/h7-8,10-12,15H,3-6,9H2,1-2H3,(H,20,21). The number of allylic oxidation sites excluding steroid dienone is 1. The van der Waals surface area contributed by atoms with Gasteiger partial charge in [0.2, 0.25) is 0 Å². The Hall–Kier alpha value is -2.17. The van der Waals surface area contributed by atoms with Crippen LogP contribution in [0, 0.1) is 0 Å². The molecule has 1 N–H and O–H groups in total. The minimum absolute atomic E-state index is 0.256. The summed E-state index contributed by atoms with van der Waals surface area (Å²) in [5.74, 6) is 1.85. The molecular weight excluding hydrogens is 292 g/mol. The molecule has 5 nitrogen and oxygen atoms in total. The number of urea groups is 1. The van der Waals surface area contributed by atoms with Gasteiger partial charge in [0.1, 0.15) is 0 Å². The smallest absolute Gasteiger partial charge is 0.345 e. The van der Waals surface area contributed by atoms with Gasteiger partial charge in [-0.2, -0.15) is 5.32 Å². The second kappa shape index (κ2) is 6.94. The highest BCUT2D eigenvalue weighted by Gasteiger charge is 2.20. The van der Waals surface area contributed by atoms with Crippen molar-refractivity contribution in [3.63, 3.8) is 0 Å². The fourth-order valence-electron chi connectivity index (χ4n) is 3.17. The van der Waals surface area contributed by atoms with Crippen molar-refractivity contribution >= 4 is 6.03 Å². The molecule has 2 aliphatic rings. The summed E-state index contributed by atoms with van der Waals surface area (Å²) in [6, 6.07) is 5.80. The first-order valence-corrected chi connectivity index (χ1v) is 8.21. The van der Waals surface area contributed by atoms with Crippen molar-refractivity contribution in [3.05, 3.63) is 35.7 Å². The number of nitrogens with one attached hydrogen (secondary N) is 1. The molecular formula is C18H23N2O3. The Bertz CT molecular complexity index is 606. The molecule has 0 spiro atoms. The van der Waals surface area contributed by atoms with Gasteiger partial charge in [-0.1, -0.05) is 13.0 Å². The van der Waals surface area contributed by atoms with E-state index in [0.717, 1.165) is 36.5 Å². The average Bonchev–Trinajstić information content (AvgIpc) is 3.19. The zero-order valence-corrected chi connectivity index (χ0v) is 13.7. The first-order chi connectivity index (χ1) is 11.2. The van der Waals surface area contributed by atoms with Crippen LogP contribution in [0.2, 0.25) is 0 Å². The molecule has 2 amide bonds. The molecule has 1 unspecified atom stereocenters. The summed E-state index contributed by atoms with van der Waals surface area (Å²) >= 11 is 0. The van der Waals surface area contributed by atoms with Crippen LogP contribution in [0.3, 0.4) is 0 Å². The minimum atomic E-state index is -0.285. The van der Waals surface area contributed by atoms with E-state index >= 15 is 0 Å². The van der Waals surface area contributed by atoms with Crippen molar-refractivity contribution < 1.29 is 14.3 Å². The highest BCUT2D eigenvalue weighted by atomic mass is 16.5. The molecule has 1 aliphatic heterocycles. The van der Waals surface area contributed by atoms with E-state index in [2.05, 4.69) is 29.7 Å². The van der Waals surface area contributed by atoms with E-state index in [4.69, 9.17) is 9.47 Å². The van der Waals surface area contributed by atoms with Crippen LogP contribution in [-0.4, -0.2) is 19.2 Å². The lowest BCUT2D eigenvalue weighted by molar-refractivity contribution is 0.200. The number of benzene rings is 1. The van der Waals surface area contributed by atoms with Crippen LogP contribution in [0.4, 0.5) is 4.79 Å². The molecule has 1 fully saturated rings. The van der Waals surface area contributed by atoms with E-state index in [-0.39, 0.29) is 11.9 Å². The maximum atomic E-state index is 11.1. The van der Waals surface area contributed by atoms with Crippen LogP contribution >= 0.6 is 0 Å². The molecule has 1 radical (unpaired) electrons. The molecule has 1 aliphatic carbocycles. The summed E-state index contributed by atoms with van der Waals surface area (Å²) in [4.78, 5) is 11.1. The fourth-order valence-corrected chi connectivity index (χ4v) is 3.17. The Morgan fingerprint density at radius 3 is 2.74 bits per heavy atom. The lowest BCUT2D eigenvalue weighted by Crippen LogP contribution is -2.19. The second-order valence-corrected chi connectivity index (χ2v) is 6.25. The van der Waals surface area contributed by atoms with E-state index in [9.17, 15) is 4.79 Å². The lowest BCUT2D eigenvalue weighted by atomic mass is 9.96. The molecule has 1 saturated carbocycles. The van der Waals surface area contributed by atoms with Crippen LogP contribution < -0.4 is 20.1 Å². The molecule has 5 heteroatoms. The SMILES string of the molecule is COc1ccc(C(C)CC2=C[N]C(=O)N2)cc1OC1CCCC1. The minimum Gasteiger partial charge on any atom is -0.493 e. The largest absolute Gasteiger partial charge is 0.493 e. The summed E-state index contributed by atoms with van der Waals surface area (Å²) in [7, 11) is 1.67. The predicted octanol–water partition coefficient (Wildman–Crippen LogP) is 3.68. The van der Waals surface area contributed by atoms with Gasteiger partial charge in [-0.05, 0) is 55.7 Å². The van der Waals surface area contributed by atoms with Crippen LogP contribution in [0.5, 0.6) is 11.5 Å². The summed E-state index contributed by atoms with van der Waals surface area (Å²) in [5.41, 5.74) is 2.03. The maximum absolute atomic E-state index is 11.1.